The van der Waals surface area contributed by atoms with Crippen LogP contribution in [0, 0.1) is 5.92 Å². The van der Waals surface area contributed by atoms with E-state index in [1.807, 2.05) is 0 Å². The van der Waals surface area contributed by atoms with Crippen molar-refractivity contribution in [2.45, 2.75) is 71.6 Å². The zero-order valence-electron chi connectivity index (χ0n) is 11.7. The molecule has 0 aromatic carbocycles. The number of carbonyl (C=O) groups is 1. The number of carbonyl (C=O) groups excluding carboxylic acids is 1. The second-order valence-electron chi connectivity index (χ2n) is 5.57. The highest BCUT2D eigenvalue weighted by Gasteiger charge is 2.15. The fraction of sp³-hybridized carbons (Fsp3) is 0.933. The molecule has 0 aromatic heterocycles. The lowest BCUT2D eigenvalue weighted by Gasteiger charge is -2.25. The molecule has 0 spiro atoms. The number of hydrogen-bond donors (Lipinski definition) is 0. The molecule has 0 radical (unpaired) electrons. The Morgan fingerprint density at radius 1 is 1.00 bits per heavy atom. The molecule has 1 aliphatic rings. The van der Waals surface area contributed by atoms with Crippen molar-refractivity contribution in [2.24, 2.45) is 5.92 Å². The number of hydrogen-bond acceptors (Lipinski definition) is 1. The third-order valence-electron chi connectivity index (χ3n) is 3.93. The van der Waals surface area contributed by atoms with Gasteiger partial charge in [-0.05, 0) is 18.8 Å². The van der Waals surface area contributed by atoms with Crippen molar-refractivity contribution in [3.63, 3.8) is 0 Å². The molecule has 2 heteroatoms. The van der Waals surface area contributed by atoms with Crippen molar-refractivity contribution in [1.82, 2.24) is 4.90 Å². The first kappa shape index (κ1) is 14.5. The fourth-order valence-electron chi connectivity index (χ4n) is 2.42. The quantitative estimate of drug-likeness (QED) is 0.729. The first-order valence-electron chi connectivity index (χ1n) is 7.51. The molecule has 1 aliphatic heterocycles. The molecular weight excluding hydrogens is 210 g/mol. The SMILES string of the molecule is CCC(C)CC(=O)N1CCCCCCCCC1. The first-order valence-corrected chi connectivity index (χ1v) is 7.51. The summed E-state index contributed by atoms with van der Waals surface area (Å²) < 4.78 is 0. The predicted molar refractivity (Wildman–Crippen MR) is 73.0 cm³/mol. The van der Waals surface area contributed by atoms with E-state index in [9.17, 15) is 4.79 Å². The molecule has 0 aromatic rings. The molecule has 0 saturated carbocycles. The average molecular weight is 239 g/mol. The topological polar surface area (TPSA) is 20.3 Å². The van der Waals surface area contributed by atoms with Crippen molar-refractivity contribution in [3.8, 4) is 0 Å². The molecular formula is C15H29NO. The van der Waals surface area contributed by atoms with Gasteiger partial charge in [-0.1, -0.05) is 52.4 Å². The molecule has 1 fully saturated rings. The second-order valence-corrected chi connectivity index (χ2v) is 5.57. The monoisotopic (exact) mass is 239 g/mol. The Bertz CT molecular complexity index is 205. The molecule has 0 N–H and O–H groups in total. The zero-order chi connectivity index (χ0) is 12.5. The molecule has 1 heterocycles. The Morgan fingerprint density at radius 3 is 1.94 bits per heavy atom. The van der Waals surface area contributed by atoms with E-state index in [1.165, 1.54) is 44.9 Å². The van der Waals surface area contributed by atoms with Gasteiger partial charge in [0.05, 0.1) is 0 Å². The molecule has 1 atom stereocenters. The van der Waals surface area contributed by atoms with Gasteiger partial charge in [-0.2, -0.15) is 0 Å². The lowest BCUT2D eigenvalue weighted by molar-refractivity contribution is -0.132. The van der Waals surface area contributed by atoms with Gasteiger partial charge in [-0.3, -0.25) is 4.79 Å². The molecule has 1 amide bonds. The average Bonchev–Trinajstić information content (AvgIpc) is 2.35. The minimum Gasteiger partial charge on any atom is -0.343 e. The standard InChI is InChI=1S/C15H29NO/c1-3-14(2)13-15(17)16-11-9-7-5-4-6-8-10-12-16/h14H,3-13H2,1-2H3. The van der Waals surface area contributed by atoms with E-state index < -0.39 is 0 Å². The van der Waals surface area contributed by atoms with Crippen LogP contribution in [0.25, 0.3) is 0 Å². The van der Waals surface area contributed by atoms with Crippen LogP contribution in [0.15, 0.2) is 0 Å². The summed E-state index contributed by atoms with van der Waals surface area (Å²) in [5.74, 6) is 0.929. The van der Waals surface area contributed by atoms with Crippen LogP contribution in [-0.4, -0.2) is 23.9 Å². The summed E-state index contributed by atoms with van der Waals surface area (Å²) in [7, 11) is 0. The summed E-state index contributed by atoms with van der Waals surface area (Å²) in [4.78, 5) is 14.3. The summed E-state index contributed by atoms with van der Waals surface area (Å²) in [6.07, 6.45) is 11.0. The zero-order valence-corrected chi connectivity index (χ0v) is 11.7. The maximum Gasteiger partial charge on any atom is 0.222 e. The van der Waals surface area contributed by atoms with Crippen molar-refractivity contribution in [1.29, 1.82) is 0 Å². The third kappa shape index (κ3) is 6.09. The van der Waals surface area contributed by atoms with E-state index in [1.54, 1.807) is 0 Å². The van der Waals surface area contributed by atoms with Gasteiger partial charge in [0.1, 0.15) is 0 Å². The highest BCUT2D eigenvalue weighted by atomic mass is 16.2. The molecule has 1 unspecified atom stereocenters. The van der Waals surface area contributed by atoms with Crippen LogP contribution < -0.4 is 0 Å². The normalized spacial score (nSPS) is 20.9. The van der Waals surface area contributed by atoms with Crippen LogP contribution in [0.5, 0.6) is 0 Å². The van der Waals surface area contributed by atoms with Crippen LogP contribution in [0.2, 0.25) is 0 Å². The van der Waals surface area contributed by atoms with Gasteiger partial charge >= 0.3 is 0 Å². The summed E-state index contributed by atoms with van der Waals surface area (Å²) in [6, 6.07) is 0. The maximum absolute atomic E-state index is 12.2. The number of rotatable bonds is 3. The highest BCUT2D eigenvalue weighted by Crippen LogP contribution is 2.14. The third-order valence-corrected chi connectivity index (χ3v) is 3.93. The maximum atomic E-state index is 12.2. The molecule has 1 saturated heterocycles. The van der Waals surface area contributed by atoms with Crippen molar-refractivity contribution in [3.05, 3.63) is 0 Å². The molecule has 1 rings (SSSR count). The van der Waals surface area contributed by atoms with Gasteiger partial charge in [-0.15, -0.1) is 0 Å². The van der Waals surface area contributed by atoms with E-state index in [0.29, 0.717) is 11.8 Å². The second kappa shape index (κ2) is 8.54. The van der Waals surface area contributed by atoms with Gasteiger partial charge in [-0.25, -0.2) is 0 Å². The Labute approximate surface area is 107 Å². The Hall–Kier alpha value is -0.530. The van der Waals surface area contributed by atoms with Crippen LogP contribution in [0.1, 0.15) is 71.6 Å². The number of amides is 1. The molecule has 2 nitrogen and oxygen atoms in total. The van der Waals surface area contributed by atoms with Gasteiger partial charge < -0.3 is 4.90 Å². The van der Waals surface area contributed by atoms with E-state index in [0.717, 1.165) is 25.9 Å². The summed E-state index contributed by atoms with van der Waals surface area (Å²) >= 11 is 0. The van der Waals surface area contributed by atoms with E-state index in [4.69, 9.17) is 0 Å². The Morgan fingerprint density at radius 2 is 1.47 bits per heavy atom. The predicted octanol–water partition coefficient (Wildman–Crippen LogP) is 4.00. The van der Waals surface area contributed by atoms with Crippen LogP contribution in [0.3, 0.4) is 0 Å². The van der Waals surface area contributed by atoms with Gasteiger partial charge in [0.2, 0.25) is 5.91 Å². The highest BCUT2D eigenvalue weighted by molar-refractivity contribution is 5.76. The minimum atomic E-state index is 0.389. The van der Waals surface area contributed by atoms with Crippen molar-refractivity contribution in [2.75, 3.05) is 13.1 Å². The Kier molecular flexibility index (Phi) is 7.30. The van der Waals surface area contributed by atoms with Gasteiger partial charge in [0, 0.05) is 19.5 Å². The number of nitrogens with zero attached hydrogens (tertiary/aromatic N) is 1. The van der Waals surface area contributed by atoms with E-state index >= 15 is 0 Å². The summed E-state index contributed by atoms with van der Waals surface area (Å²) in [5.41, 5.74) is 0. The van der Waals surface area contributed by atoms with Crippen molar-refractivity contribution >= 4 is 5.91 Å². The van der Waals surface area contributed by atoms with Crippen LogP contribution in [-0.2, 0) is 4.79 Å². The largest absolute Gasteiger partial charge is 0.343 e. The minimum absolute atomic E-state index is 0.389. The van der Waals surface area contributed by atoms with Gasteiger partial charge in [0.25, 0.3) is 0 Å². The van der Waals surface area contributed by atoms with Crippen LogP contribution >= 0.6 is 0 Å². The molecule has 17 heavy (non-hydrogen) atoms. The smallest absolute Gasteiger partial charge is 0.222 e. The van der Waals surface area contributed by atoms with E-state index in [-0.39, 0.29) is 0 Å². The Balaban J connectivity index is 2.38. The molecule has 100 valence electrons. The molecule has 0 aliphatic carbocycles. The van der Waals surface area contributed by atoms with Crippen molar-refractivity contribution < 1.29 is 4.79 Å². The fourth-order valence-corrected chi connectivity index (χ4v) is 2.42. The van der Waals surface area contributed by atoms with E-state index in [2.05, 4.69) is 18.7 Å². The van der Waals surface area contributed by atoms with Gasteiger partial charge in [0.15, 0.2) is 0 Å². The molecule has 0 bridgehead atoms. The lowest BCUT2D eigenvalue weighted by Crippen LogP contribution is -2.34. The summed E-state index contributed by atoms with van der Waals surface area (Å²) in [6.45, 7) is 6.34. The van der Waals surface area contributed by atoms with Crippen LogP contribution in [0.4, 0.5) is 0 Å². The summed E-state index contributed by atoms with van der Waals surface area (Å²) in [5, 5.41) is 0. The lowest BCUT2D eigenvalue weighted by atomic mass is 10.0. The first-order chi connectivity index (χ1) is 8.24.